The fraction of sp³-hybridized carbons (Fsp3) is 0.333. The lowest BCUT2D eigenvalue weighted by atomic mass is 10.2. The van der Waals surface area contributed by atoms with Crippen molar-refractivity contribution >= 4 is 23.5 Å². The van der Waals surface area contributed by atoms with Gasteiger partial charge >= 0.3 is 0 Å². The van der Waals surface area contributed by atoms with Gasteiger partial charge in [-0.15, -0.1) is 0 Å². The molecule has 3 rings (SSSR count). The third-order valence-corrected chi connectivity index (χ3v) is 4.54. The molecule has 1 aliphatic rings. The van der Waals surface area contributed by atoms with Crippen LogP contribution in [0.1, 0.15) is 29.5 Å². The van der Waals surface area contributed by atoms with Crippen LogP contribution in [-0.4, -0.2) is 30.6 Å². The average Bonchev–Trinajstić information content (AvgIpc) is 3.21. The Hall–Kier alpha value is -2.44. The van der Waals surface area contributed by atoms with Gasteiger partial charge in [-0.1, -0.05) is 29.8 Å². The average molecular weight is 384 g/mol. The second kappa shape index (κ2) is 10.0. The molecule has 27 heavy (non-hydrogen) atoms. The SMILES string of the molecule is Cc1ccc(COc2ccc(/C=N\NC(=S)NC[C@@H]3CCCO3)cc2)cc1. The Bertz CT molecular complexity index is 754. The van der Waals surface area contributed by atoms with Crippen LogP contribution in [0, 0.1) is 6.92 Å². The highest BCUT2D eigenvalue weighted by molar-refractivity contribution is 7.80. The third-order valence-electron chi connectivity index (χ3n) is 4.30. The van der Waals surface area contributed by atoms with E-state index in [2.05, 4.69) is 47.0 Å². The number of aryl methyl sites for hydroxylation is 1. The number of hydrazone groups is 1. The first-order valence-corrected chi connectivity index (χ1v) is 9.57. The van der Waals surface area contributed by atoms with Gasteiger partial charge in [-0.25, -0.2) is 0 Å². The van der Waals surface area contributed by atoms with Crippen LogP contribution in [0.25, 0.3) is 0 Å². The maximum Gasteiger partial charge on any atom is 0.187 e. The molecular formula is C21H25N3O2S. The first kappa shape index (κ1) is 19.3. The van der Waals surface area contributed by atoms with Crippen LogP contribution in [0.3, 0.4) is 0 Å². The zero-order valence-electron chi connectivity index (χ0n) is 15.5. The van der Waals surface area contributed by atoms with E-state index in [9.17, 15) is 0 Å². The van der Waals surface area contributed by atoms with Crippen molar-refractivity contribution in [2.75, 3.05) is 13.2 Å². The molecule has 6 heteroatoms. The molecule has 2 aromatic rings. The maximum atomic E-state index is 5.81. The summed E-state index contributed by atoms with van der Waals surface area (Å²) in [6, 6.07) is 16.1. The molecule has 0 aliphatic carbocycles. The number of ether oxygens (including phenoxy) is 2. The molecule has 5 nitrogen and oxygen atoms in total. The minimum absolute atomic E-state index is 0.251. The second-order valence-corrected chi connectivity index (χ2v) is 6.97. The fourth-order valence-electron chi connectivity index (χ4n) is 2.72. The van der Waals surface area contributed by atoms with Gasteiger partial charge in [0, 0.05) is 13.2 Å². The maximum absolute atomic E-state index is 5.81. The van der Waals surface area contributed by atoms with Crippen LogP contribution in [0.15, 0.2) is 53.6 Å². The van der Waals surface area contributed by atoms with Crippen molar-refractivity contribution in [2.45, 2.75) is 32.5 Å². The summed E-state index contributed by atoms with van der Waals surface area (Å²) in [5.74, 6) is 0.828. The van der Waals surface area contributed by atoms with Crippen molar-refractivity contribution in [3.8, 4) is 5.75 Å². The van der Waals surface area contributed by atoms with Crippen LogP contribution in [0.4, 0.5) is 0 Å². The summed E-state index contributed by atoms with van der Waals surface area (Å²) in [5.41, 5.74) is 6.19. The topological polar surface area (TPSA) is 54.9 Å². The molecule has 1 atom stereocenters. The molecule has 0 unspecified atom stereocenters. The van der Waals surface area contributed by atoms with Crippen LogP contribution in [-0.2, 0) is 11.3 Å². The zero-order chi connectivity index (χ0) is 18.9. The second-order valence-electron chi connectivity index (χ2n) is 6.56. The van der Waals surface area contributed by atoms with Gasteiger partial charge in [0.05, 0.1) is 12.3 Å². The molecule has 0 spiro atoms. The van der Waals surface area contributed by atoms with Gasteiger partial charge in [-0.3, -0.25) is 5.43 Å². The van der Waals surface area contributed by atoms with E-state index < -0.39 is 0 Å². The predicted molar refractivity (Wildman–Crippen MR) is 112 cm³/mol. The van der Waals surface area contributed by atoms with Gasteiger partial charge in [0.25, 0.3) is 0 Å². The normalized spacial score (nSPS) is 16.4. The molecule has 1 saturated heterocycles. The molecule has 0 aromatic heterocycles. The molecule has 0 amide bonds. The largest absolute Gasteiger partial charge is 0.489 e. The van der Waals surface area contributed by atoms with E-state index in [1.54, 1.807) is 6.21 Å². The minimum atomic E-state index is 0.251. The Morgan fingerprint density at radius 2 is 2.00 bits per heavy atom. The predicted octanol–water partition coefficient (Wildman–Crippen LogP) is 3.55. The monoisotopic (exact) mass is 383 g/mol. The van der Waals surface area contributed by atoms with Crippen molar-refractivity contribution in [3.05, 3.63) is 65.2 Å². The molecule has 1 fully saturated rings. The van der Waals surface area contributed by atoms with Crippen molar-refractivity contribution in [2.24, 2.45) is 5.10 Å². The van der Waals surface area contributed by atoms with E-state index in [-0.39, 0.29) is 6.10 Å². The number of thiocarbonyl (C=S) groups is 1. The van der Waals surface area contributed by atoms with Gasteiger partial charge in [-0.2, -0.15) is 5.10 Å². The van der Waals surface area contributed by atoms with Crippen molar-refractivity contribution in [3.63, 3.8) is 0 Å². The highest BCUT2D eigenvalue weighted by Gasteiger charge is 2.14. The van der Waals surface area contributed by atoms with Gasteiger partial charge in [-0.05, 0) is 67.4 Å². The van der Waals surface area contributed by atoms with Crippen molar-refractivity contribution in [1.82, 2.24) is 10.7 Å². The molecule has 2 aromatic carbocycles. The fourth-order valence-corrected chi connectivity index (χ4v) is 2.85. The van der Waals surface area contributed by atoms with E-state index in [1.807, 2.05) is 24.3 Å². The van der Waals surface area contributed by atoms with Gasteiger partial charge < -0.3 is 14.8 Å². The molecule has 0 radical (unpaired) electrons. The van der Waals surface area contributed by atoms with Gasteiger partial charge in [0.15, 0.2) is 5.11 Å². The highest BCUT2D eigenvalue weighted by atomic mass is 32.1. The summed E-state index contributed by atoms with van der Waals surface area (Å²) in [6.07, 6.45) is 4.18. The number of rotatable bonds is 7. The standard InChI is InChI=1S/C21H25N3O2S/c1-16-4-6-18(7-5-16)15-26-19-10-8-17(9-11-19)13-23-24-21(27)22-14-20-3-2-12-25-20/h4-11,13,20H,2-3,12,14-15H2,1H3,(H2,22,24,27)/b23-13-/t20-/m0/s1. The molecule has 0 saturated carbocycles. The number of benzene rings is 2. The number of nitrogens with one attached hydrogen (secondary N) is 2. The summed E-state index contributed by atoms with van der Waals surface area (Å²) in [4.78, 5) is 0. The van der Waals surface area contributed by atoms with E-state index in [0.717, 1.165) is 36.3 Å². The Morgan fingerprint density at radius 1 is 1.22 bits per heavy atom. The zero-order valence-corrected chi connectivity index (χ0v) is 16.3. The molecule has 1 aliphatic heterocycles. The Labute approximate surface area is 165 Å². The first-order valence-electron chi connectivity index (χ1n) is 9.16. The lowest BCUT2D eigenvalue weighted by Gasteiger charge is -2.11. The van der Waals surface area contributed by atoms with Crippen LogP contribution < -0.4 is 15.5 Å². The number of hydrogen-bond acceptors (Lipinski definition) is 4. The number of nitrogens with zero attached hydrogens (tertiary/aromatic N) is 1. The van der Waals surface area contributed by atoms with E-state index in [0.29, 0.717) is 18.3 Å². The first-order chi connectivity index (χ1) is 13.2. The summed E-state index contributed by atoms with van der Waals surface area (Å²) in [5, 5.41) is 7.77. The van der Waals surface area contributed by atoms with E-state index in [4.69, 9.17) is 21.7 Å². The summed E-state index contributed by atoms with van der Waals surface area (Å²) in [7, 11) is 0. The lowest BCUT2D eigenvalue weighted by molar-refractivity contribution is 0.114. The Balaban J connectivity index is 1.39. The lowest BCUT2D eigenvalue weighted by Crippen LogP contribution is -2.37. The summed E-state index contributed by atoms with van der Waals surface area (Å²) < 4.78 is 11.3. The molecule has 0 bridgehead atoms. The third kappa shape index (κ3) is 6.66. The molecular weight excluding hydrogens is 358 g/mol. The molecule has 142 valence electrons. The smallest absolute Gasteiger partial charge is 0.187 e. The van der Waals surface area contributed by atoms with E-state index >= 15 is 0 Å². The summed E-state index contributed by atoms with van der Waals surface area (Å²) in [6.45, 7) is 4.19. The summed E-state index contributed by atoms with van der Waals surface area (Å²) >= 11 is 5.20. The number of hydrogen-bond donors (Lipinski definition) is 2. The van der Waals surface area contributed by atoms with Crippen molar-refractivity contribution in [1.29, 1.82) is 0 Å². The molecule has 2 N–H and O–H groups in total. The van der Waals surface area contributed by atoms with E-state index in [1.165, 1.54) is 5.56 Å². The Morgan fingerprint density at radius 3 is 2.70 bits per heavy atom. The quantitative estimate of drug-likeness (QED) is 0.435. The van der Waals surface area contributed by atoms with Crippen LogP contribution in [0.2, 0.25) is 0 Å². The van der Waals surface area contributed by atoms with Gasteiger partial charge in [0.1, 0.15) is 12.4 Å². The molecule has 1 heterocycles. The Kier molecular flexibility index (Phi) is 7.19. The minimum Gasteiger partial charge on any atom is -0.489 e. The van der Waals surface area contributed by atoms with Crippen LogP contribution >= 0.6 is 12.2 Å². The van der Waals surface area contributed by atoms with Crippen LogP contribution in [0.5, 0.6) is 5.75 Å². The van der Waals surface area contributed by atoms with Crippen molar-refractivity contribution < 1.29 is 9.47 Å². The van der Waals surface area contributed by atoms with Gasteiger partial charge in [0.2, 0.25) is 0 Å². The highest BCUT2D eigenvalue weighted by Crippen LogP contribution is 2.14.